The number of aromatic nitrogens is 2. The highest BCUT2D eigenvalue weighted by Gasteiger charge is 2.21. The molecule has 0 spiro atoms. The number of carbonyl (C=O) groups excluding carboxylic acids is 1. The van der Waals surface area contributed by atoms with Crippen molar-refractivity contribution in [3.8, 4) is 17.0 Å². The standard InChI is InChI=1S/C23H26N4O2/c1-2-29-20-11-9-19(10-12-20)23(28)27-14-6-13-26(15-16-27)22-17-21(24-25-22)18-7-4-3-5-8-18/h3-5,7-12,17H,2,6,13-16H2,1H3,(H,24,25). The second-order valence-electron chi connectivity index (χ2n) is 7.10. The molecule has 2 aromatic carbocycles. The Morgan fingerprint density at radius 3 is 2.59 bits per heavy atom. The Kier molecular flexibility index (Phi) is 5.79. The molecule has 6 heteroatoms. The van der Waals surface area contributed by atoms with Gasteiger partial charge in [-0.15, -0.1) is 0 Å². The Balaban J connectivity index is 1.40. The highest BCUT2D eigenvalue weighted by Crippen LogP contribution is 2.23. The molecule has 1 amide bonds. The lowest BCUT2D eigenvalue weighted by Gasteiger charge is -2.22. The number of hydrogen-bond acceptors (Lipinski definition) is 4. The summed E-state index contributed by atoms with van der Waals surface area (Å²) in [4.78, 5) is 17.1. The lowest BCUT2D eigenvalue weighted by atomic mass is 10.1. The van der Waals surface area contributed by atoms with Gasteiger partial charge in [0.15, 0.2) is 5.82 Å². The first-order valence-electron chi connectivity index (χ1n) is 10.1. The third-order valence-electron chi connectivity index (χ3n) is 5.17. The van der Waals surface area contributed by atoms with E-state index in [4.69, 9.17) is 4.74 Å². The summed E-state index contributed by atoms with van der Waals surface area (Å²) < 4.78 is 5.46. The molecule has 1 aromatic heterocycles. The van der Waals surface area contributed by atoms with Crippen LogP contribution in [0.4, 0.5) is 5.82 Å². The summed E-state index contributed by atoms with van der Waals surface area (Å²) in [5.41, 5.74) is 2.83. The SMILES string of the molecule is CCOc1ccc(C(=O)N2CCCN(c3cc(-c4ccccc4)[nH]n3)CC2)cc1. The molecule has 1 aliphatic heterocycles. The molecule has 1 fully saturated rings. The smallest absolute Gasteiger partial charge is 0.253 e. The number of amides is 1. The van der Waals surface area contributed by atoms with Crippen molar-refractivity contribution in [2.75, 3.05) is 37.7 Å². The number of rotatable bonds is 5. The number of H-pyrrole nitrogens is 1. The van der Waals surface area contributed by atoms with E-state index in [0.29, 0.717) is 18.7 Å². The number of ether oxygens (including phenoxy) is 1. The van der Waals surface area contributed by atoms with E-state index >= 15 is 0 Å². The zero-order chi connectivity index (χ0) is 20.1. The van der Waals surface area contributed by atoms with Gasteiger partial charge < -0.3 is 14.5 Å². The molecule has 4 rings (SSSR count). The van der Waals surface area contributed by atoms with Crippen LogP contribution in [-0.2, 0) is 0 Å². The zero-order valence-electron chi connectivity index (χ0n) is 16.7. The van der Waals surface area contributed by atoms with Gasteiger partial charge in [-0.05, 0) is 43.2 Å². The van der Waals surface area contributed by atoms with Crippen molar-refractivity contribution < 1.29 is 9.53 Å². The largest absolute Gasteiger partial charge is 0.494 e. The van der Waals surface area contributed by atoms with Crippen LogP contribution in [0.15, 0.2) is 60.7 Å². The van der Waals surface area contributed by atoms with E-state index in [-0.39, 0.29) is 5.91 Å². The van der Waals surface area contributed by atoms with Gasteiger partial charge in [-0.25, -0.2) is 0 Å². The van der Waals surface area contributed by atoms with Gasteiger partial charge in [-0.2, -0.15) is 5.10 Å². The van der Waals surface area contributed by atoms with Gasteiger partial charge in [-0.3, -0.25) is 9.89 Å². The summed E-state index contributed by atoms with van der Waals surface area (Å²) >= 11 is 0. The van der Waals surface area contributed by atoms with Crippen molar-refractivity contribution in [2.45, 2.75) is 13.3 Å². The lowest BCUT2D eigenvalue weighted by molar-refractivity contribution is 0.0767. The molecule has 0 radical (unpaired) electrons. The van der Waals surface area contributed by atoms with Crippen molar-refractivity contribution in [1.29, 1.82) is 0 Å². The maximum Gasteiger partial charge on any atom is 0.253 e. The molecule has 0 aliphatic carbocycles. The normalized spacial score (nSPS) is 14.5. The Bertz CT molecular complexity index is 937. The Morgan fingerprint density at radius 1 is 1.03 bits per heavy atom. The van der Waals surface area contributed by atoms with Crippen LogP contribution in [0.3, 0.4) is 0 Å². The highest BCUT2D eigenvalue weighted by atomic mass is 16.5. The van der Waals surface area contributed by atoms with Crippen LogP contribution in [0.2, 0.25) is 0 Å². The predicted octanol–water partition coefficient (Wildman–Crippen LogP) is 3.83. The van der Waals surface area contributed by atoms with Crippen LogP contribution in [-0.4, -0.2) is 53.8 Å². The molecule has 1 saturated heterocycles. The number of benzene rings is 2. The van der Waals surface area contributed by atoms with E-state index in [2.05, 4.69) is 33.3 Å². The number of aromatic amines is 1. The monoisotopic (exact) mass is 390 g/mol. The van der Waals surface area contributed by atoms with E-state index in [0.717, 1.165) is 48.9 Å². The average molecular weight is 390 g/mol. The van der Waals surface area contributed by atoms with Gasteiger partial charge in [0.05, 0.1) is 12.3 Å². The van der Waals surface area contributed by atoms with Crippen LogP contribution in [0.5, 0.6) is 5.75 Å². The van der Waals surface area contributed by atoms with Crippen LogP contribution in [0.1, 0.15) is 23.7 Å². The fourth-order valence-corrected chi connectivity index (χ4v) is 3.63. The van der Waals surface area contributed by atoms with Crippen LogP contribution >= 0.6 is 0 Å². The molecule has 3 aromatic rings. The quantitative estimate of drug-likeness (QED) is 0.719. The molecular formula is C23H26N4O2. The first-order valence-corrected chi connectivity index (χ1v) is 10.1. The van der Waals surface area contributed by atoms with Crippen LogP contribution in [0.25, 0.3) is 11.3 Å². The highest BCUT2D eigenvalue weighted by molar-refractivity contribution is 5.94. The number of nitrogens with one attached hydrogen (secondary N) is 1. The molecule has 0 atom stereocenters. The molecule has 0 bridgehead atoms. The third-order valence-corrected chi connectivity index (χ3v) is 5.17. The number of carbonyl (C=O) groups is 1. The van der Waals surface area contributed by atoms with Crippen LogP contribution < -0.4 is 9.64 Å². The minimum atomic E-state index is 0.0712. The van der Waals surface area contributed by atoms with Gasteiger partial charge in [-0.1, -0.05) is 30.3 Å². The molecule has 6 nitrogen and oxygen atoms in total. The van der Waals surface area contributed by atoms with Gasteiger partial charge in [0.2, 0.25) is 0 Å². The average Bonchev–Trinajstić information content (AvgIpc) is 3.13. The summed E-state index contributed by atoms with van der Waals surface area (Å²) in [5, 5.41) is 7.63. The van der Waals surface area contributed by atoms with E-state index < -0.39 is 0 Å². The van der Waals surface area contributed by atoms with E-state index in [9.17, 15) is 4.79 Å². The first-order chi connectivity index (χ1) is 14.2. The number of hydrogen-bond donors (Lipinski definition) is 1. The molecule has 2 heterocycles. The number of anilines is 1. The van der Waals surface area contributed by atoms with E-state index in [1.165, 1.54) is 0 Å². The molecule has 1 N–H and O–H groups in total. The van der Waals surface area contributed by atoms with Gasteiger partial charge in [0.25, 0.3) is 5.91 Å². The van der Waals surface area contributed by atoms with Crippen molar-refractivity contribution in [3.63, 3.8) is 0 Å². The molecular weight excluding hydrogens is 364 g/mol. The minimum absolute atomic E-state index is 0.0712. The fraction of sp³-hybridized carbons (Fsp3) is 0.304. The second-order valence-corrected chi connectivity index (χ2v) is 7.10. The predicted molar refractivity (Wildman–Crippen MR) is 114 cm³/mol. The summed E-state index contributed by atoms with van der Waals surface area (Å²) in [6.07, 6.45) is 0.913. The van der Waals surface area contributed by atoms with Gasteiger partial charge in [0.1, 0.15) is 5.75 Å². The molecule has 1 aliphatic rings. The minimum Gasteiger partial charge on any atom is -0.494 e. The van der Waals surface area contributed by atoms with Gasteiger partial charge in [0, 0.05) is 37.8 Å². The zero-order valence-corrected chi connectivity index (χ0v) is 16.7. The second kappa shape index (κ2) is 8.82. The summed E-state index contributed by atoms with van der Waals surface area (Å²) in [6.45, 7) is 5.64. The topological polar surface area (TPSA) is 61.5 Å². The Hall–Kier alpha value is -3.28. The van der Waals surface area contributed by atoms with Crippen LogP contribution in [0, 0.1) is 0 Å². The van der Waals surface area contributed by atoms with Crippen molar-refractivity contribution >= 4 is 11.7 Å². The van der Waals surface area contributed by atoms with Gasteiger partial charge >= 0.3 is 0 Å². The lowest BCUT2D eigenvalue weighted by Crippen LogP contribution is -2.35. The molecule has 0 saturated carbocycles. The molecule has 150 valence electrons. The van der Waals surface area contributed by atoms with E-state index in [1.807, 2.05) is 54.3 Å². The number of nitrogens with zero attached hydrogens (tertiary/aromatic N) is 3. The third kappa shape index (κ3) is 4.42. The first kappa shape index (κ1) is 19.1. The van der Waals surface area contributed by atoms with Crippen molar-refractivity contribution in [3.05, 3.63) is 66.2 Å². The summed E-state index contributed by atoms with van der Waals surface area (Å²) in [6, 6.07) is 19.7. The molecule has 29 heavy (non-hydrogen) atoms. The van der Waals surface area contributed by atoms with Crippen molar-refractivity contribution in [2.24, 2.45) is 0 Å². The maximum atomic E-state index is 12.9. The summed E-state index contributed by atoms with van der Waals surface area (Å²) in [5.74, 6) is 1.79. The Labute approximate surface area is 171 Å². The fourth-order valence-electron chi connectivity index (χ4n) is 3.63. The summed E-state index contributed by atoms with van der Waals surface area (Å²) in [7, 11) is 0. The van der Waals surface area contributed by atoms with Crippen molar-refractivity contribution in [1.82, 2.24) is 15.1 Å². The van der Waals surface area contributed by atoms with E-state index in [1.54, 1.807) is 0 Å². The molecule has 0 unspecified atom stereocenters. The Morgan fingerprint density at radius 2 is 1.83 bits per heavy atom. The maximum absolute atomic E-state index is 12.9.